The van der Waals surface area contributed by atoms with Crippen LogP contribution in [0.3, 0.4) is 0 Å². The van der Waals surface area contributed by atoms with Crippen molar-refractivity contribution < 1.29 is 4.74 Å². The molecular weight excluding hydrogens is 228 g/mol. The van der Waals surface area contributed by atoms with Crippen LogP contribution in [0.2, 0.25) is 0 Å². The molecule has 1 aromatic heterocycles. The molecule has 2 N–H and O–H groups in total. The number of hydrogen-bond donors (Lipinski definition) is 1. The molecule has 1 aliphatic rings. The Hall–Kier alpha value is -0.910. The minimum atomic E-state index is -0.0945. The Morgan fingerprint density at radius 1 is 1.56 bits per heavy atom. The molecule has 1 saturated heterocycles. The molecule has 1 atom stereocenters. The first-order valence-corrected chi connectivity index (χ1v) is 6.65. The minimum absolute atomic E-state index is 0.0945. The van der Waals surface area contributed by atoms with Gasteiger partial charge in [-0.3, -0.25) is 4.90 Å². The predicted molar refractivity (Wildman–Crippen MR) is 71.3 cm³/mol. The fraction of sp³-hybridized carbons (Fsp3) is 0.769. The number of ether oxygens (including phenoxy) is 1. The van der Waals surface area contributed by atoms with E-state index in [4.69, 9.17) is 10.5 Å². The zero-order valence-corrected chi connectivity index (χ0v) is 11.6. The standard InChI is InChI=1S/C13H24N4O/c1-4-16-10-15-8-12(16)11(7-14)17-5-6-18-13(2,3)9-17/h8,10-11H,4-7,9,14H2,1-3H3. The maximum absolute atomic E-state index is 5.98. The van der Waals surface area contributed by atoms with Gasteiger partial charge < -0.3 is 15.0 Å². The van der Waals surface area contributed by atoms with E-state index in [1.165, 1.54) is 5.69 Å². The lowest BCUT2D eigenvalue weighted by molar-refractivity contribution is -0.0973. The Bertz CT molecular complexity index is 388. The van der Waals surface area contributed by atoms with Crippen molar-refractivity contribution in [2.75, 3.05) is 26.2 Å². The number of aromatic nitrogens is 2. The maximum atomic E-state index is 5.98. The number of morpholine rings is 1. The van der Waals surface area contributed by atoms with Gasteiger partial charge in [0.15, 0.2) is 0 Å². The first-order chi connectivity index (χ1) is 8.57. The third-order valence-electron chi connectivity index (χ3n) is 3.55. The van der Waals surface area contributed by atoms with E-state index in [1.807, 2.05) is 12.5 Å². The summed E-state index contributed by atoms with van der Waals surface area (Å²) in [4.78, 5) is 6.65. The molecule has 0 bridgehead atoms. The smallest absolute Gasteiger partial charge is 0.0948 e. The summed E-state index contributed by atoms with van der Waals surface area (Å²) < 4.78 is 7.93. The highest BCUT2D eigenvalue weighted by Gasteiger charge is 2.32. The number of nitrogens with zero attached hydrogens (tertiary/aromatic N) is 3. The molecule has 5 nitrogen and oxygen atoms in total. The van der Waals surface area contributed by atoms with Crippen molar-refractivity contribution in [1.29, 1.82) is 0 Å². The van der Waals surface area contributed by atoms with E-state index in [-0.39, 0.29) is 11.6 Å². The Balaban J connectivity index is 2.18. The first kappa shape index (κ1) is 13.5. The fourth-order valence-corrected chi connectivity index (χ4v) is 2.65. The average Bonchev–Trinajstić information content (AvgIpc) is 2.77. The van der Waals surface area contributed by atoms with E-state index >= 15 is 0 Å². The Labute approximate surface area is 109 Å². The molecule has 0 aromatic carbocycles. The third-order valence-corrected chi connectivity index (χ3v) is 3.55. The van der Waals surface area contributed by atoms with Crippen LogP contribution in [0.5, 0.6) is 0 Å². The van der Waals surface area contributed by atoms with E-state index < -0.39 is 0 Å². The van der Waals surface area contributed by atoms with Crippen molar-refractivity contribution in [3.05, 3.63) is 18.2 Å². The molecule has 0 spiro atoms. The van der Waals surface area contributed by atoms with Gasteiger partial charge in [0.2, 0.25) is 0 Å². The van der Waals surface area contributed by atoms with Crippen molar-refractivity contribution in [3.63, 3.8) is 0 Å². The molecule has 2 heterocycles. The normalized spacial score (nSPS) is 22.0. The molecule has 1 unspecified atom stereocenters. The fourth-order valence-electron chi connectivity index (χ4n) is 2.65. The molecule has 0 radical (unpaired) electrons. The van der Waals surface area contributed by atoms with E-state index in [0.29, 0.717) is 6.54 Å². The van der Waals surface area contributed by atoms with Crippen LogP contribution < -0.4 is 5.73 Å². The van der Waals surface area contributed by atoms with Gasteiger partial charge in [0.1, 0.15) is 0 Å². The maximum Gasteiger partial charge on any atom is 0.0948 e. The lowest BCUT2D eigenvalue weighted by Crippen LogP contribution is -2.51. The van der Waals surface area contributed by atoms with Gasteiger partial charge in [-0.1, -0.05) is 0 Å². The van der Waals surface area contributed by atoms with Crippen molar-refractivity contribution in [2.45, 2.75) is 39.0 Å². The van der Waals surface area contributed by atoms with Crippen LogP contribution in [0.4, 0.5) is 0 Å². The summed E-state index contributed by atoms with van der Waals surface area (Å²) >= 11 is 0. The van der Waals surface area contributed by atoms with Gasteiger partial charge in [-0.2, -0.15) is 0 Å². The number of nitrogens with two attached hydrogens (primary N) is 1. The highest BCUT2D eigenvalue weighted by atomic mass is 16.5. The molecule has 0 saturated carbocycles. The quantitative estimate of drug-likeness (QED) is 0.869. The minimum Gasteiger partial charge on any atom is -0.373 e. The zero-order chi connectivity index (χ0) is 13.2. The second-order valence-corrected chi connectivity index (χ2v) is 5.43. The van der Waals surface area contributed by atoms with Crippen LogP contribution in [0.1, 0.15) is 32.5 Å². The Morgan fingerprint density at radius 3 is 2.94 bits per heavy atom. The van der Waals surface area contributed by atoms with E-state index in [9.17, 15) is 0 Å². The molecular formula is C13H24N4O. The molecule has 1 aromatic rings. The Morgan fingerprint density at radius 2 is 2.33 bits per heavy atom. The zero-order valence-electron chi connectivity index (χ0n) is 11.6. The van der Waals surface area contributed by atoms with Gasteiger partial charge in [-0.15, -0.1) is 0 Å². The van der Waals surface area contributed by atoms with Crippen molar-refractivity contribution in [1.82, 2.24) is 14.5 Å². The first-order valence-electron chi connectivity index (χ1n) is 6.65. The second kappa shape index (κ2) is 5.38. The Kier molecular flexibility index (Phi) is 4.04. The largest absolute Gasteiger partial charge is 0.373 e. The van der Waals surface area contributed by atoms with Gasteiger partial charge >= 0.3 is 0 Å². The van der Waals surface area contributed by atoms with Gasteiger partial charge in [-0.05, 0) is 20.8 Å². The van der Waals surface area contributed by atoms with Gasteiger partial charge in [0.25, 0.3) is 0 Å². The summed E-state index contributed by atoms with van der Waals surface area (Å²) in [7, 11) is 0. The molecule has 1 fully saturated rings. The lowest BCUT2D eigenvalue weighted by atomic mass is 10.0. The number of aryl methyl sites for hydroxylation is 1. The van der Waals surface area contributed by atoms with E-state index in [1.54, 1.807) is 0 Å². The van der Waals surface area contributed by atoms with E-state index in [0.717, 1.165) is 26.2 Å². The lowest BCUT2D eigenvalue weighted by Gasteiger charge is -2.42. The summed E-state index contributed by atoms with van der Waals surface area (Å²) in [5, 5.41) is 0. The highest BCUT2D eigenvalue weighted by molar-refractivity contribution is 5.07. The van der Waals surface area contributed by atoms with Crippen LogP contribution >= 0.6 is 0 Å². The van der Waals surface area contributed by atoms with Crippen molar-refractivity contribution in [2.24, 2.45) is 5.73 Å². The molecule has 18 heavy (non-hydrogen) atoms. The van der Waals surface area contributed by atoms with Crippen LogP contribution in [-0.2, 0) is 11.3 Å². The topological polar surface area (TPSA) is 56.3 Å². The summed E-state index contributed by atoms with van der Waals surface area (Å²) in [6.07, 6.45) is 3.81. The summed E-state index contributed by atoms with van der Waals surface area (Å²) in [5.41, 5.74) is 7.10. The van der Waals surface area contributed by atoms with Crippen molar-refractivity contribution in [3.8, 4) is 0 Å². The van der Waals surface area contributed by atoms with Gasteiger partial charge in [-0.25, -0.2) is 4.98 Å². The molecule has 0 amide bonds. The SMILES string of the molecule is CCn1cncc1C(CN)N1CCOC(C)(C)C1. The number of rotatable bonds is 4. The summed E-state index contributed by atoms with van der Waals surface area (Å²) in [6.45, 7) is 10.5. The molecule has 2 rings (SSSR count). The third kappa shape index (κ3) is 2.74. The monoisotopic (exact) mass is 252 g/mol. The number of hydrogen-bond acceptors (Lipinski definition) is 4. The molecule has 1 aliphatic heterocycles. The van der Waals surface area contributed by atoms with Crippen LogP contribution in [0.15, 0.2) is 12.5 Å². The van der Waals surface area contributed by atoms with Crippen LogP contribution in [0, 0.1) is 0 Å². The van der Waals surface area contributed by atoms with E-state index in [2.05, 4.69) is 35.2 Å². The van der Waals surface area contributed by atoms with Crippen LogP contribution in [-0.4, -0.2) is 46.3 Å². The van der Waals surface area contributed by atoms with Crippen LogP contribution in [0.25, 0.3) is 0 Å². The summed E-state index contributed by atoms with van der Waals surface area (Å²) in [5.74, 6) is 0. The molecule has 5 heteroatoms. The number of imidazole rings is 1. The van der Waals surface area contributed by atoms with Crippen molar-refractivity contribution >= 4 is 0 Å². The molecule has 0 aliphatic carbocycles. The second-order valence-electron chi connectivity index (χ2n) is 5.43. The van der Waals surface area contributed by atoms with Gasteiger partial charge in [0.05, 0.1) is 30.3 Å². The average molecular weight is 252 g/mol. The highest BCUT2D eigenvalue weighted by Crippen LogP contribution is 2.25. The van der Waals surface area contributed by atoms with Gasteiger partial charge in [0, 0.05) is 32.4 Å². The summed E-state index contributed by atoms with van der Waals surface area (Å²) in [6, 6.07) is 0.232. The predicted octanol–water partition coefficient (Wildman–Crippen LogP) is 1.01. The molecule has 102 valence electrons.